The van der Waals surface area contributed by atoms with E-state index in [0.717, 1.165) is 25.7 Å². The van der Waals surface area contributed by atoms with Crippen LogP contribution in [0.3, 0.4) is 0 Å². The second-order valence-electron chi connectivity index (χ2n) is 7.94. The van der Waals surface area contributed by atoms with Crippen molar-refractivity contribution in [1.29, 1.82) is 0 Å². The average molecular weight is 449 g/mol. The summed E-state index contributed by atoms with van der Waals surface area (Å²) in [6.45, 7) is 4.46. The van der Waals surface area contributed by atoms with Gasteiger partial charge in [-0.1, -0.05) is 117 Å². The molecule has 0 rings (SSSR count). The fraction of sp³-hybridized carbons (Fsp3) is 0.917. The summed E-state index contributed by atoms with van der Waals surface area (Å²) in [5.41, 5.74) is 0. The Morgan fingerprint density at radius 1 is 0.448 bits per heavy atom. The molecule has 0 saturated carbocycles. The molecule has 0 aliphatic carbocycles. The summed E-state index contributed by atoms with van der Waals surface area (Å²) in [4.78, 5) is 20.4. The Labute approximate surface area is 195 Å². The number of carboxylic acids is 2. The molecule has 0 aliphatic rings. The number of unbranched alkanes of at least 4 members (excludes halogenated alkanes) is 16. The Morgan fingerprint density at radius 3 is 0.862 bits per heavy atom. The van der Waals surface area contributed by atoms with Gasteiger partial charge >= 0.3 is 11.9 Å². The second kappa shape index (κ2) is 29.9. The van der Waals surface area contributed by atoms with Gasteiger partial charge in [-0.2, -0.15) is 0 Å². The van der Waals surface area contributed by atoms with Gasteiger partial charge in [0, 0.05) is 34.6 Å². The molecule has 29 heavy (non-hydrogen) atoms. The minimum absolute atomic E-state index is 0. The van der Waals surface area contributed by atoms with Crippen LogP contribution in [0.1, 0.15) is 142 Å². The quantitative estimate of drug-likeness (QED) is 0.146. The van der Waals surface area contributed by atoms with Crippen molar-refractivity contribution in [1.82, 2.24) is 0 Å². The first-order valence-electron chi connectivity index (χ1n) is 12.0. The summed E-state index contributed by atoms with van der Waals surface area (Å²) in [7, 11) is 0. The third-order valence-corrected chi connectivity index (χ3v) is 4.99. The summed E-state index contributed by atoms with van der Waals surface area (Å²) in [5, 5.41) is 16.8. The normalized spacial score (nSPS) is 10.0. The Balaban J connectivity index is -0.000000451. The van der Waals surface area contributed by atoms with Crippen molar-refractivity contribution in [2.24, 2.45) is 0 Å². The van der Waals surface area contributed by atoms with Gasteiger partial charge in [-0.05, 0) is 12.8 Å². The largest absolute Gasteiger partial charge is 0.481 e. The first-order valence-corrected chi connectivity index (χ1v) is 12.0. The minimum Gasteiger partial charge on any atom is -0.481 e. The van der Waals surface area contributed by atoms with Crippen LogP contribution in [0.5, 0.6) is 0 Å². The van der Waals surface area contributed by atoms with E-state index >= 15 is 0 Å². The maximum atomic E-state index is 10.2. The monoisotopic (exact) mass is 448 g/mol. The second-order valence-corrected chi connectivity index (χ2v) is 7.94. The Morgan fingerprint density at radius 2 is 0.655 bits per heavy atom. The molecule has 0 spiro atoms. The van der Waals surface area contributed by atoms with Crippen LogP contribution < -0.4 is 0 Å². The molecule has 172 valence electrons. The van der Waals surface area contributed by atoms with Gasteiger partial charge in [0.05, 0.1) is 0 Å². The number of carboxylic acid groups (broad SMARTS) is 2. The van der Waals surface area contributed by atoms with Gasteiger partial charge in [0.25, 0.3) is 0 Å². The van der Waals surface area contributed by atoms with Crippen LogP contribution in [-0.2, 0) is 31.3 Å². The standard InChI is InChI=1S/2C12H24O2.Ti/c2*1-2-3-4-5-6-7-8-9-10-11-12(13)14;/h2*2-11H2,1H3,(H,13,14);. The maximum absolute atomic E-state index is 10.2. The van der Waals surface area contributed by atoms with E-state index in [9.17, 15) is 9.59 Å². The van der Waals surface area contributed by atoms with E-state index in [1.807, 2.05) is 0 Å². The van der Waals surface area contributed by atoms with Gasteiger partial charge in [-0.3, -0.25) is 9.59 Å². The van der Waals surface area contributed by atoms with Gasteiger partial charge in [0.2, 0.25) is 0 Å². The number of hydrogen-bond acceptors (Lipinski definition) is 2. The number of carbonyl (C=O) groups is 2. The third-order valence-electron chi connectivity index (χ3n) is 4.99. The molecular formula is C24H48O4Ti. The fourth-order valence-electron chi connectivity index (χ4n) is 3.17. The Kier molecular flexibility index (Phi) is 34.3. The van der Waals surface area contributed by atoms with Crippen molar-refractivity contribution in [3.05, 3.63) is 0 Å². The molecule has 0 aromatic heterocycles. The zero-order valence-electron chi connectivity index (χ0n) is 19.4. The maximum Gasteiger partial charge on any atom is 0.303 e. The van der Waals surface area contributed by atoms with E-state index in [2.05, 4.69) is 13.8 Å². The third kappa shape index (κ3) is 38.8. The van der Waals surface area contributed by atoms with Crippen molar-refractivity contribution in [2.45, 2.75) is 142 Å². The molecule has 0 aromatic carbocycles. The zero-order valence-corrected chi connectivity index (χ0v) is 20.9. The van der Waals surface area contributed by atoms with E-state index in [1.165, 1.54) is 89.9 Å². The summed E-state index contributed by atoms with van der Waals surface area (Å²) in [5.74, 6) is -1.32. The van der Waals surface area contributed by atoms with Crippen LogP contribution in [0.2, 0.25) is 0 Å². The van der Waals surface area contributed by atoms with Crippen LogP contribution in [0.25, 0.3) is 0 Å². The van der Waals surface area contributed by atoms with Crippen molar-refractivity contribution in [3.8, 4) is 0 Å². The predicted octanol–water partition coefficient (Wildman–Crippen LogP) is 7.98. The van der Waals surface area contributed by atoms with E-state index < -0.39 is 11.9 Å². The van der Waals surface area contributed by atoms with E-state index in [4.69, 9.17) is 10.2 Å². The molecule has 0 radical (unpaired) electrons. The molecule has 0 saturated heterocycles. The molecule has 0 aromatic rings. The number of rotatable bonds is 20. The van der Waals surface area contributed by atoms with Gasteiger partial charge in [0.1, 0.15) is 0 Å². The van der Waals surface area contributed by atoms with Gasteiger partial charge in [-0.25, -0.2) is 0 Å². The first kappa shape index (κ1) is 33.3. The van der Waals surface area contributed by atoms with Crippen LogP contribution in [0.4, 0.5) is 0 Å². The van der Waals surface area contributed by atoms with Crippen molar-refractivity contribution >= 4 is 11.9 Å². The van der Waals surface area contributed by atoms with Crippen LogP contribution in [0, 0.1) is 0 Å². The molecule has 0 unspecified atom stereocenters. The van der Waals surface area contributed by atoms with Gasteiger partial charge in [-0.15, -0.1) is 0 Å². The summed E-state index contributed by atoms with van der Waals surface area (Å²) in [6, 6.07) is 0. The van der Waals surface area contributed by atoms with Crippen LogP contribution in [0.15, 0.2) is 0 Å². The van der Waals surface area contributed by atoms with E-state index in [-0.39, 0.29) is 21.7 Å². The molecule has 0 atom stereocenters. The van der Waals surface area contributed by atoms with Crippen molar-refractivity contribution in [2.75, 3.05) is 0 Å². The summed E-state index contributed by atoms with van der Waals surface area (Å²) >= 11 is 0. The fourth-order valence-corrected chi connectivity index (χ4v) is 3.17. The molecule has 2 N–H and O–H groups in total. The Hall–Kier alpha value is -0.346. The van der Waals surface area contributed by atoms with Crippen molar-refractivity contribution < 1.29 is 41.5 Å². The Bertz CT molecular complexity index is 303. The molecule has 0 heterocycles. The topological polar surface area (TPSA) is 74.6 Å². The SMILES string of the molecule is CCCCCCCCCCCC(=O)O.CCCCCCCCCCCC(=O)O.[Ti]. The molecule has 0 bridgehead atoms. The van der Waals surface area contributed by atoms with Crippen molar-refractivity contribution in [3.63, 3.8) is 0 Å². The molecule has 5 heteroatoms. The smallest absolute Gasteiger partial charge is 0.303 e. The van der Waals surface area contributed by atoms with Crippen LogP contribution >= 0.6 is 0 Å². The van der Waals surface area contributed by atoms with Crippen LogP contribution in [-0.4, -0.2) is 22.2 Å². The molecule has 0 aliphatic heterocycles. The average Bonchev–Trinajstić information content (AvgIpc) is 2.65. The van der Waals surface area contributed by atoms with E-state index in [0.29, 0.717) is 12.8 Å². The molecule has 0 fully saturated rings. The minimum atomic E-state index is -0.659. The first-order chi connectivity index (χ1) is 13.5. The summed E-state index contributed by atoms with van der Waals surface area (Å²) < 4.78 is 0. The molecule has 0 amide bonds. The summed E-state index contributed by atoms with van der Waals surface area (Å²) in [6.07, 6.45) is 23.0. The number of aliphatic carboxylic acids is 2. The van der Waals surface area contributed by atoms with Gasteiger partial charge in [0.15, 0.2) is 0 Å². The molecule has 4 nitrogen and oxygen atoms in total. The number of hydrogen-bond donors (Lipinski definition) is 2. The predicted molar refractivity (Wildman–Crippen MR) is 119 cm³/mol. The van der Waals surface area contributed by atoms with E-state index in [1.54, 1.807) is 0 Å². The zero-order chi connectivity index (χ0) is 21.3. The van der Waals surface area contributed by atoms with Gasteiger partial charge < -0.3 is 10.2 Å². The molecular weight excluding hydrogens is 400 g/mol.